The molecule has 6 heteroatoms. The van der Waals surface area contributed by atoms with Gasteiger partial charge in [-0.1, -0.05) is 12.1 Å². The summed E-state index contributed by atoms with van der Waals surface area (Å²) in [5, 5.41) is 0.500. The largest absolute Gasteiger partial charge is 0.398 e. The first-order chi connectivity index (χ1) is 8.06. The van der Waals surface area contributed by atoms with Crippen molar-refractivity contribution in [1.29, 1.82) is 0 Å². The lowest BCUT2D eigenvalue weighted by Gasteiger charge is -2.07. The predicted octanol–water partition coefficient (Wildman–Crippen LogP) is 1.68. The van der Waals surface area contributed by atoms with Gasteiger partial charge >= 0.3 is 0 Å². The summed E-state index contributed by atoms with van der Waals surface area (Å²) in [5.41, 5.74) is 18.9. The normalized spacial score (nSPS) is 10.4. The van der Waals surface area contributed by atoms with E-state index in [0.29, 0.717) is 16.8 Å². The van der Waals surface area contributed by atoms with E-state index < -0.39 is 0 Å². The Kier molecular flexibility index (Phi) is 3.06. The van der Waals surface area contributed by atoms with Crippen molar-refractivity contribution < 1.29 is 0 Å². The lowest BCUT2D eigenvalue weighted by molar-refractivity contribution is 0.984. The molecule has 17 heavy (non-hydrogen) atoms. The smallest absolute Gasteiger partial charge is 0.196 e. The maximum atomic E-state index is 5.97. The summed E-state index contributed by atoms with van der Waals surface area (Å²) in [4.78, 5) is 9.09. The van der Waals surface area contributed by atoms with Crippen LogP contribution in [-0.2, 0) is 0 Å². The van der Waals surface area contributed by atoms with Gasteiger partial charge in [0, 0.05) is 16.6 Å². The van der Waals surface area contributed by atoms with Crippen LogP contribution in [0, 0.1) is 6.92 Å². The van der Waals surface area contributed by atoms with E-state index in [2.05, 4.69) is 9.97 Å². The molecule has 5 nitrogen and oxygen atoms in total. The second-order valence-electron chi connectivity index (χ2n) is 3.59. The van der Waals surface area contributed by atoms with Crippen molar-refractivity contribution in [2.24, 2.45) is 0 Å². The molecule has 0 atom stereocenters. The van der Waals surface area contributed by atoms with E-state index >= 15 is 0 Å². The Morgan fingerprint density at radius 3 is 2.35 bits per heavy atom. The fraction of sp³-hybridized carbons (Fsp3) is 0.0909. The number of hydrogen-bond donors (Lipinski definition) is 3. The van der Waals surface area contributed by atoms with Crippen molar-refractivity contribution in [3.05, 3.63) is 29.8 Å². The molecule has 0 saturated carbocycles. The Labute approximate surface area is 103 Å². The number of rotatable bonds is 2. The number of anilines is 3. The molecule has 0 spiro atoms. The molecule has 0 aliphatic carbocycles. The zero-order valence-corrected chi connectivity index (χ0v) is 10.2. The molecular weight excluding hydrogens is 234 g/mol. The quantitative estimate of drug-likeness (QED) is 0.551. The minimum atomic E-state index is 0.353. The highest BCUT2D eigenvalue weighted by atomic mass is 32.2. The minimum absolute atomic E-state index is 0.353. The molecule has 2 aromatic rings. The molecule has 1 aromatic carbocycles. The van der Waals surface area contributed by atoms with Gasteiger partial charge < -0.3 is 17.2 Å². The first-order valence-electron chi connectivity index (χ1n) is 4.99. The van der Waals surface area contributed by atoms with E-state index in [1.165, 1.54) is 17.8 Å². The topological polar surface area (TPSA) is 104 Å². The molecule has 0 saturated heterocycles. The van der Waals surface area contributed by atoms with Gasteiger partial charge in [-0.05, 0) is 30.3 Å². The molecule has 0 aliphatic rings. The van der Waals surface area contributed by atoms with E-state index in [1.807, 2.05) is 25.1 Å². The molecule has 2 rings (SSSR count). The molecule has 88 valence electrons. The number of nitrogens with zero attached hydrogens (tertiary/aromatic N) is 2. The standard InChI is InChI=1S/C11H13N5S/c1-6-3-2-4-7(10(6)14)17-11-15-8(12)5-9(13)16-11/h2-5H,14H2,1H3,(H4,12,13,15,16). The summed E-state index contributed by atoms with van der Waals surface area (Å²) < 4.78 is 0. The fourth-order valence-electron chi connectivity index (χ4n) is 1.35. The van der Waals surface area contributed by atoms with Crippen molar-refractivity contribution in [1.82, 2.24) is 9.97 Å². The van der Waals surface area contributed by atoms with Crippen LogP contribution in [0.25, 0.3) is 0 Å². The van der Waals surface area contributed by atoms with Gasteiger partial charge in [-0.15, -0.1) is 0 Å². The molecule has 0 radical (unpaired) electrons. The number of aryl methyl sites for hydroxylation is 1. The molecule has 0 amide bonds. The molecule has 0 fully saturated rings. The van der Waals surface area contributed by atoms with Crippen molar-refractivity contribution in [3.8, 4) is 0 Å². The molecular formula is C11H13N5S. The molecule has 0 aliphatic heterocycles. The maximum Gasteiger partial charge on any atom is 0.196 e. The van der Waals surface area contributed by atoms with Gasteiger partial charge in [0.05, 0.1) is 0 Å². The molecule has 1 aromatic heterocycles. The van der Waals surface area contributed by atoms with Crippen molar-refractivity contribution in [2.75, 3.05) is 17.2 Å². The zero-order valence-electron chi connectivity index (χ0n) is 9.34. The maximum absolute atomic E-state index is 5.97. The summed E-state index contributed by atoms with van der Waals surface area (Å²) >= 11 is 1.35. The van der Waals surface area contributed by atoms with Crippen molar-refractivity contribution in [2.45, 2.75) is 17.0 Å². The minimum Gasteiger partial charge on any atom is -0.398 e. The third-order valence-electron chi connectivity index (χ3n) is 2.23. The number of hydrogen-bond acceptors (Lipinski definition) is 6. The lowest BCUT2D eigenvalue weighted by Crippen LogP contribution is -1.99. The SMILES string of the molecule is Cc1cccc(Sc2nc(N)cc(N)n2)c1N. The summed E-state index contributed by atoms with van der Waals surface area (Å²) in [6, 6.07) is 7.32. The summed E-state index contributed by atoms with van der Waals surface area (Å²) in [7, 11) is 0. The third-order valence-corrected chi connectivity index (χ3v) is 3.17. The Morgan fingerprint density at radius 1 is 1.06 bits per heavy atom. The lowest BCUT2D eigenvalue weighted by atomic mass is 10.2. The first-order valence-corrected chi connectivity index (χ1v) is 5.81. The van der Waals surface area contributed by atoms with E-state index in [4.69, 9.17) is 17.2 Å². The second-order valence-corrected chi connectivity index (χ2v) is 4.60. The van der Waals surface area contributed by atoms with Crippen LogP contribution in [0.2, 0.25) is 0 Å². The van der Waals surface area contributed by atoms with Crippen LogP contribution in [0.15, 0.2) is 34.3 Å². The van der Waals surface area contributed by atoms with Gasteiger partial charge in [-0.3, -0.25) is 0 Å². The van der Waals surface area contributed by atoms with Gasteiger partial charge in [0.15, 0.2) is 5.16 Å². The molecule has 6 N–H and O–H groups in total. The van der Waals surface area contributed by atoms with Crippen LogP contribution < -0.4 is 17.2 Å². The van der Waals surface area contributed by atoms with Gasteiger partial charge in [0.2, 0.25) is 0 Å². The fourth-order valence-corrected chi connectivity index (χ4v) is 2.27. The Bertz CT molecular complexity index is 535. The van der Waals surface area contributed by atoms with E-state index in [-0.39, 0.29) is 0 Å². The Hall–Kier alpha value is -1.95. The van der Waals surface area contributed by atoms with Crippen LogP contribution in [0.3, 0.4) is 0 Å². The number of nitrogens with two attached hydrogens (primary N) is 3. The van der Waals surface area contributed by atoms with E-state index in [1.54, 1.807) is 0 Å². The van der Waals surface area contributed by atoms with Crippen molar-refractivity contribution >= 4 is 29.1 Å². The first kappa shape index (κ1) is 11.5. The van der Waals surface area contributed by atoms with Crippen LogP contribution in [0.5, 0.6) is 0 Å². The highest BCUT2D eigenvalue weighted by molar-refractivity contribution is 7.99. The zero-order chi connectivity index (χ0) is 12.4. The monoisotopic (exact) mass is 247 g/mol. The van der Waals surface area contributed by atoms with E-state index in [9.17, 15) is 0 Å². The summed E-state index contributed by atoms with van der Waals surface area (Å²) in [5.74, 6) is 0.706. The third kappa shape index (κ3) is 2.59. The van der Waals surface area contributed by atoms with Gasteiger partial charge in [0.25, 0.3) is 0 Å². The van der Waals surface area contributed by atoms with Gasteiger partial charge in [-0.2, -0.15) is 0 Å². The molecule has 0 bridgehead atoms. The number of aromatic nitrogens is 2. The molecule has 1 heterocycles. The number of para-hydroxylation sites is 1. The summed E-state index contributed by atoms with van der Waals surface area (Å²) in [6.45, 7) is 1.95. The Balaban J connectivity index is 2.34. The number of benzene rings is 1. The van der Waals surface area contributed by atoms with Gasteiger partial charge in [0.1, 0.15) is 11.6 Å². The highest BCUT2D eigenvalue weighted by Gasteiger charge is 2.07. The highest BCUT2D eigenvalue weighted by Crippen LogP contribution is 2.32. The molecule has 0 unspecified atom stereocenters. The Morgan fingerprint density at radius 2 is 1.71 bits per heavy atom. The van der Waals surface area contributed by atoms with E-state index in [0.717, 1.165) is 16.1 Å². The average molecular weight is 247 g/mol. The van der Waals surface area contributed by atoms with Gasteiger partial charge in [-0.25, -0.2) is 9.97 Å². The van der Waals surface area contributed by atoms with Crippen LogP contribution >= 0.6 is 11.8 Å². The van der Waals surface area contributed by atoms with Crippen LogP contribution in [-0.4, -0.2) is 9.97 Å². The predicted molar refractivity (Wildman–Crippen MR) is 70.6 cm³/mol. The van der Waals surface area contributed by atoms with Crippen molar-refractivity contribution in [3.63, 3.8) is 0 Å². The average Bonchev–Trinajstić information content (AvgIpc) is 2.23. The summed E-state index contributed by atoms with van der Waals surface area (Å²) in [6.07, 6.45) is 0. The van der Waals surface area contributed by atoms with Crippen LogP contribution in [0.1, 0.15) is 5.56 Å². The number of nitrogen functional groups attached to an aromatic ring is 3. The second kappa shape index (κ2) is 4.50. The van der Waals surface area contributed by atoms with Crippen LogP contribution in [0.4, 0.5) is 17.3 Å².